The smallest absolute Gasteiger partial charge is 0.301 e. The summed E-state index contributed by atoms with van der Waals surface area (Å²) in [6.45, 7) is 3.99. The zero-order chi connectivity index (χ0) is 24.0. The molecule has 5 rings (SSSR count). The molecule has 0 radical (unpaired) electrons. The molecule has 1 aliphatic rings. The Bertz CT molecular complexity index is 1450. The normalized spacial score (nSPS) is 17.6. The molecule has 3 aromatic carbocycles. The Balaban J connectivity index is 1.71. The topological polar surface area (TPSA) is 90.7 Å². The zero-order valence-corrected chi connectivity index (χ0v) is 19.5. The third-order valence-corrected chi connectivity index (χ3v) is 7.05. The Morgan fingerprint density at radius 3 is 2.41 bits per heavy atom. The van der Waals surface area contributed by atoms with Gasteiger partial charge < -0.3 is 10.2 Å². The van der Waals surface area contributed by atoms with Crippen LogP contribution >= 0.6 is 11.3 Å². The number of carbonyl (C=O) groups excluding carboxylic acids is 2. The van der Waals surface area contributed by atoms with E-state index >= 15 is 0 Å². The molecular formula is C27H22N2O4S. The lowest BCUT2D eigenvalue weighted by Gasteiger charge is -2.23. The molecule has 1 atom stereocenters. The predicted molar refractivity (Wildman–Crippen MR) is 133 cm³/mol. The van der Waals surface area contributed by atoms with Gasteiger partial charge in [0.05, 0.1) is 21.8 Å². The van der Waals surface area contributed by atoms with Gasteiger partial charge in [-0.3, -0.25) is 14.5 Å². The quantitative estimate of drug-likeness (QED) is 0.234. The first-order chi connectivity index (χ1) is 16.4. The fourth-order valence-corrected chi connectivity index (χ4v) is 5.20. The molecule has 2 N–H and O–H groups in total. The van der Waals surface area contributed by atoms with Crippen molar-refractivity contribution in [2.45, 2.75) is 26.3 Å². The number of aryl methyl sites for hydroxylation is 2. The highest BCUT2D eigenvalue weighted by Crippen LogP contribution is 2.44. The second-order valence-electron chi connectivity index (χ2n) is 8.28. The van der Waals surface area contributed by atoms with Gasteiger partial charge in [0.25, 0.3) is 5.78 Å². The molecule has 0 aliphatic carbocycles. The summed E-state index contributed by atoms with van der Waals surface area (Å²) in [5, 5.41) is 21.3. The summed E-state index contributed by atoms with van der Waals surface area (Å²) in [6.07, 6.45) is 0.873. The molecule has 1 fully saturated rings. The highest BCUT2D eigenvalue weighted by molar-refractivity contribution is 7.22. The fraction of sp³-hybridized carbons (Fsp3) is 0.148. The van der Waals surface area contributed by atoms with E-state index < -0.39 is 17.7 Å². The number of phenols is 1. The number of aromatic nitrogens is 1. The number of aromatic hydroxyl groups is 1. The first kappa shape index (κ1) is 21.9. The number of rotatable bonds is 4. The summed E-state index contributed by atoms with van der Waals surface area (Å²) in [5.41, 5.74) is 3.92. The first-order valence-corrected chi connectivity index (χ1v) is 11.8. The van der Waals surface area contributed by atoms with Gasteiger partial charge in [-0.05, 0) is 48.7 Å². The predicted octanol–water partition coefficient (Wildman–Crippen LogP) is 5.50. The summed E-state index contributed by atoms with van der Waals surface area (Å²) in [4.78, 5) is 32.6. The summed E-state index contributed by atoms with van der Waals surface area (Å²) in [6, 6.07) is 18.4. The summed E-state index contributed by atoms with van der Waals surface area (Å²) < 4.78 is 0.916. The van der Waals surface area contributed by atoms with Crippen molar-refractivity contribution in [2.24, 2.45) is 0 Å². The molecule has 1 unspecified atom stereocenters. The van der Waals surface area contributed by atoms with Crippen molar-refractivity contribution >= 4 is 44.1 Å². The summed E-state index contributed by atoms with van der Waals surface area (Å²) in [5.74, 6) is -1.70. The molecular weight excluding hydrogens is 448 g/mol. The second-order valence-corrected chi connectivity index (χ2v) is 9.29. The maximum Gasteiger partial charge on any atom is 0.301 e. The number of phenolic OH excluding ortho intramolecular Hbond substituents is 1. The van der Waals surface area contributed by atoms with Crippen molar-refractivity contribution in [3.8, 4) is 5.75 Å². The van der Waals surface area contributed by atoms with Crippen LogP contribution in [0.25, 0.3) is 16.0 Å². The number of anilines is 1. The highest BCUT2D eigenvalue weighted by atomic mass is 32.1. The number of nitrogens with zero attached hydrogens (tertiary/aromatic N) is 2. The van der Waals surface area contributed by atoms with E-state index in [2.05, 4.69) is 11.9 Å². The van der Waals surface area contributed by atoms with E-state index in [-0.39, 0.29) is 17.1 Å². The number of amides is 1. The van der Waals surface area contributed by atoms with E-state index in [1.54, 1.807) is 24.3 Å². The van der Waals surface area contributed by atoms with E-state index in [1.807, 2.05) is 37.3 Å². The van der Waals surface area contributed by atoms with Gasteiger partial charge in [-0.15, -0.1) is 0 Å². The molecule has 0 spiro atoms. The van der Waals surface area contributed by atoms with E-state index in [9.17, 15) is 19.8 Å². The summed E-state index contributed by atoms with van der Waals surface area (Å²) in [7, 11) is 0. The number of aliphatic hydroxyl groups is 1. The lowest BCUT2D eigenvalue weighted by molar-refractivity contribution is -0.132. The maximum absolute atomic E-state index is 13.3. The van der Waals surface area contributed by atoms with Crippen LogP contribution in [0.5, 0.6) is 5.75 Å². The minimum atomic E-state index is -0.881. The summed E-state index contributed by atoms with van der Waals surface area (Å²) >= 11 is 1.33. The van der Waals surface area contributed by atoms with Gasteiger partial charge in [-0.25, -0.2) is 4.98 Å². The number of Topliss-reactive ketones (excluding diaryl/α,β-unsaturated/α-hetero) is 1. The third kappa shape index (κ3) is 3.64. The Morgan fingerprint density at radius 1 is 1.03 bits per heavy atom. The van der Waals surface area contributed by atoms with Crippen molar-refractivity contribution in [1.29, 1.82) is 0 Å². The van der Waals surface area contributed by atoms with Crippen LogP contribution in [0.3, 0.4) is 0 Å². The first-order valence-electron chi connectivity index (χ1n) is 10.9. The minimum Gasteiger partial charge on any atom is -0.508 e. The van der Waals surface area contributed by atoms with E-state index in [1.165, 1.54) is 28.4 Å². The van der Waals surface area contributed by atoms with Gasteiger partial charge in [0.2, 0.25) is 0 Å². The largest absolute Gasteiger partial charge is 0.508 e. The van der Waals surface area contributed by atoms with Gasteiger partial charge >= 0.3 is 5.91 Å². The maximum atomic E-state index is 13.3. The van der Waals surface area contributed by atoms with E-state index in [4.69, 9.17) is 0 Å². The van der Waals surface area contributed by atoms with Crippen molar-refractivity contribution in [3.63, 3.8) is 0 Å². The molecule has 1 saturated heterocycles. The van der Waals surface area contributed by atoms with Crippen LogP contribution in [0.4, 0.5) is 5.13 Å². The number of fused-ring (bicyclic) bond motifs is 1. The molecule has 6 nitrogen and oxygen atoms in total. The van der Waals surface area contributed by atoms with Gasteiger partial charge in [0.1, 0.15) is 11.5 Å². The number of ketones is 1. The number of hydrogen-bond acceptors (Lipinski definition) is 6. The Hall–Kier alpha value is -3.97. The van der Waals surface area contributed by atoms with Crippen LogP contribution in [0.15, 0.2) is 72.3 Å². The van der Waals surface area contributed by atoms with Crippen LogP contribution in [-0.4, -0.2) is 26.9 Å². The number of benzene rings is 3. The van der Waals surface area contributed by atoms with Crippen LogP contribution < -0.4 is 4.90 Å². The van der Waals surface area contributed by atoms with Crippen molar-refractivity contribution < 1.29 is 19.8 Å². The van der Waals surface area contributed by atoms with Gasteiger partial charge in [-0.2, -0.15) is 0 Å². The Kier molecular flexibility index (Phi) is 5.42. The Labute approximate surface area is 200 Å². The molecule has 0 saturated carbocycles. The van der Waals surface area contributed by atoms with Gasteiger partial charge in [0, 0.05) is 5.56 Å². The molecule has 2 heterocycles. The van der Waals surface area contributed by atoms with Gasteiger partial charge in [-0.1, -0.05) is 66.3 Å². The molecule has 1 aromatic heterocycles. The van der Waals surface area contributed by atoms with Crippen molar-refractivity contribution in [1.82, 2.24) is 4.98 Å². The average Bonchev–Trinajstić information content (AvgIpc) is 3.37. The number of carbonyl (C=O) groups is 2. The number of hydrogen-bond donors (Lipinski definition) is 2. The zero-order valence-electron chi connectivity index (χ0n) is 18.6. The molecule has 1 amide bonds. The van der Waals surface area contributed by atoms with Gasteiger partial charge in [0.15, 0.2) is 5.13 Å². The van der Waals surface area contributed by atoms with Crippen LogP contribution in [-0.2, 0) is 16.0 Å². The highest BCUT2D eigenvalue weighted by Gasteiger charge is 2.48. The third-order valence-electron chi connectivity index (χ3n) is 6.03. The van der Waals surface area contributed by atoms with Crippen LogP contribution in [0.1, 0.15) is 35.2 Å². The average molecular weight is 471 g/mol. The number of aliphatic hydroxyl groups excluding tert-OH is 1. The molecule has 1 aliphatic heterocycles. The monoisotopic (exact) mass is 470 g/mol. The number of thiazole rings is 1. The van der Waals surface area contributed by atoms with Crippen LogP contribution in [0, 0.1) is 6.92 Å². The van der Waals surface area contributed by atoms with Crippen LogP contribution in [0.2, 0.25) is 0 Å². The lowest BCUT2D eigenvalue weighted by Crippen LogP contribution is -2.29. The standard InChI is InChI=1S/C27H22N2O4S/c1-3-16-6-13-20-21(14-16)34-27(28-20)29-23(17-9-11-19(30)12-10-17)22(25(32)26(29)33)24(31)18-7-4-15(2)5-8-18/h4-14,23,30-31H,3H2,1-2H3/b24-22+. The van der Waals surface area contributed by atoms with Crippen molar-refractivity contribution in [3.05, 3.63) is 94.6 Å². The second kappa shape index (κ2) is 8.43. The van der Waals surface area contributed by atoms with E-state index in [0.717, 1.165) is 27.8 Å². The fourth-order valence-electron chi connectivity index (χ4n) is 4.15. The Morgan fingerprint density at radius 2 is 1.74 bits per heavy atom. The molecule has 4 aromatic rings. The molecule has 34 heavy (non-hydrogen) atoms. The SMILES string of the molecule is CCc1ccc2nc(N3C(=O)C(=O)/C(=C(/O)c4ccc(C)cc4)C3c3ccc(O)cc3)sc2c1. The minimum absolute atomic E-state index is 0.00644. The van der Waals surface area contributed by atoms with E-state index in [0.29, 0.717) is 16.3 Å². The lowest BCUT2D eigenvalue weighted by atomic mass is 9.95. The molecule has 7 heteroatoms. The molecule has 170 valence electrons. The molecule has 0 bridgehead atoms. The van der Waals surface area contributed by atoms with Crippen molar-refractivity contribution in [2.75, 3.05) is 4.90 Å².